The van der Waals surface area contributed by atoms with Crippen LogP contribution in [0.25, 0.3) is 11.2 Å². The molecule has 0 saturated carbocycles. The number of nitrogens with one attached hydrogen (secondary N) is 2. The number of aromatic amines is 1. The highest BCUT2D eigenvalue weighted by molar-refractivity contribution is 7.50. The van der Waals surface area contributed by atoms with E-state index in [4.69, 9.17) is 15.0 Å². The van der Waals surface area contributed by atoms with Gasteiger partial charge < -0.3 is 36.5 Å². The first-order valence-corrected chi connectivity index (χ1v) is 11.6. The number of esters is 1. The number of nitrogens with two attached hydrogens (primary N) is 1. The minimum atomic E-state index is -4.52. The largest absolute Gasteiger partial charge is 0.468 e. The molecule has 3 rings (SSSR count). The fourth-order valence-corrected chi connectivity index (χ4v) is 4.48. The Hall–Kier alpha value is -2.43. The summed E-state index contributed by atoms with van der Waals surface area (Å²) in [4.78, 5) is 44.2. The van der Waals surface area contributed by atoms with E-state index in [0.29, 0.717) is 0 Å². The van der Waals surface area contributed by atoms with E-state index in [1.54, 1.807) is 0 Å². The van der Waals surface area contributed by atoms with Crippen LogP contribution in [0.4, 0.5) is 5.95 Å². The lowest BCUT2D eigenvalue weighted by molar-refractivity contribution is -0.143. The Labute approximate surface area is 193 Å². The summed E-state index contributed by atoms with van der Waals surface area (Å²) in [5, 5.41) is 23.0. The Bertz CT molecular complexity index is 1110. The van der Waals surface area contributed by atoms with Gasteiger partial charge in [0.15, 0.2) is 17.4 Å². The van der Waals surface area contributed by atoms with E-state index >= 15 is 0 Å². The van der Waals surface area contributed by atoms with Crippen molar-refractivity contribution in [2.24, 2.45) is 5.92 Å². The molecule has 2 aromatic heterocycles. The molecule has 1 aliphatic rings. The molecule has 34 heavy (non-hydrogen) atoms. The number of nitrogen functional groups attached to an aromatic ring is 1. The molecule has 0 amide bonds. The number of carbonyl (C=O) groups excluding carboxylic acids is 1. The summed E-state index contributed by atoms with van der Waals surface area (Å²) in [6.07, 6.45) is -4.09. The molecule has 0 spiro atoms. The number of nitrogens with zero attached hydrogens (tertiary/aromatic N) is 3. The van der Waals surface area contributed by atoms with Gasteiger partial charge in [-0.3, -0.25) is 23.7 Å². The highest BCUT2D eigenvalue weighted by Crippen LogP contribution is 2.40. The van der Waals surface area contributed by atoms with Crippen LogP contribution in [0.15, 0.2) is 11.1 Å². The molecule has 0 aliphatic carbocycles. The predicted molar refractivity (Wildman–Crippen MR) is 118 cm³/mol. The lowest BCUT2D eigenvalue weighted by Gasteiger charge is -2.23. The number of aliphatic hydroxyl groups is 2. The highest BCUT2D eigenvalue weighted by atomic mass is 31.2. The van der Waals surface area contributed by atoms with Crippen molar-refractivity contribution < 1.29 is 38.5 Å². The van der Waals surface area contributed by atoms with E-state index in [9.17, 15) is 29.3 Å². The molecule has 1 unspecified atom stereocenters. The maximum Gasteiger partial charge on any atom is 0.403 e. The SMILES string of the molecule is COC(=O)[C@H](CC(C)C)NP(=O)(O)OC[C@H]1O[C@@H](n2cnc3c(=O)[nH]c(N)nc32)[C@H](O)[C@@H]1O.N. The normalized spacial score (nSPS) is 25.1. The number of hydrogen-bond acceptors (Lipinski definition) is 12. The van der Waals surface area contributed by atoms with Gasteiger partial charge in [0.1, 0.15) is 24.4 Å². The molecular weight excluding hydrogens is 477 g/mol. The van der Waals surface area contributed by atoms with Crippen molar-refractivity contribution in [2.75, 3.05) is 19.5 Å². The van der Waals surface area contributed by atoms with Crippen LogP contribution < -0.4 is 22.5 Å². The second-order valence-corrected chi connectivity index (χ2v) is 9.53. The summed E-state index contributed by atoms with van der Waals surface area (Å²) in [6, 6.07) is -1.09. The molecule has 0 bridgehead atoms. The zero-order valence-corrected chi connectivity index (χ0v) is 19.7. The Kier molecular flexibility index (Phi) is 8.90. The van der Waals surface area contributed by atoms with Crippen LogP contribution in [0.2, 0.25) is 0 Å². The van der Waals surface area contributed by atoms with Gasteiger partial charge >= 0.3 is 13.7 Å². The third kappa shape index (κ3) is 5.97. The van der Waals surface area contributed by atoms with Crippen LogP contribution in [0.1, 0.15) is 26.5 Å². The molecule has 1 aliphatic heterocycles. The second-order valence-electron chi connectivity index (χ2n) is 7.97. The van der Waals surface area contributed by atoms with Gasteiger partial charge in [-0.2, -0.15) is 4.98 Å². The summed E-state index contributed by atoms with van der Waals surface area (Å²) < 4.78 is 28.9. The minimum absolute atomic E-state index is 0. The molecule has 1 saturated heterocycles. The molecule has 1 fully saturated rings. The minimum Gasteiger partial charge on any atom is -0.468 e. The van der Waals surface area contributed by atoms with Crippen molar-refractivity contribution >= 4 is 30.8 Å². The van der Waals surface area contributed by atoms with E-state index in [2.05, 4.69) is 24.8 Å². The number of H-pyrrole nitrogens is 1. The summed E-state index contributed by atoms with van der Waals surface area (Å²) in [6.45, 7) is 3.04. The van der Waals surface area contributed by atoms with Crippen LogP contribution in [0, 0.1) is 5.92 Å². The number of rotatable bonds is 9. The standard InChI is InChI=1S/C17H27N6O9P.H3N/c1-7(2)4-8(16(27)30-3)22-33(28,29)31-5-9-11(24)12(25)15(32-9)23-6-19-10-13(23)20-17(18)21-14(10)26;/h6-9,11-12,15,24-25H,4-5H2,1-3H3,(H2,22,28,29)(H3,18,20,21,26);1H3/t8-,9+,11+,12+,15+;/m0./s1. The number of aliphatic hydroxyl groups excluding tert-OH is 2. The van der Waals surface area contributed by atoms with Gasteiger partial charge in [0.25, 0.3) is 5.56 Å². The lowest BCUT2D eigenvalue weighted by atomic mass is 10.1. The Morgan fingerprint density at radius 2 is 2.09 bits per heavy atom. The van der Waals surface area contributed by atoms with Gasteiger partial charge in [-0.1, -0.05) is 13.8 Å². The Morgan fingerprint density at radius 1 is 1.41 bits per heavy atom. The molecule has 10 N–H and O–H groups in total. The van der Waals surface area contributed by atoms with Crippen molar-refractivity contribution in [1.82, 2.24) is 30.8 Å². The van der Waals surface area contributed by atoms with E-state index in [1.165, 1.54) is 10.9 Å². The van der Waals surface area contributed by atoms with Gasteiger partial charge in [0.2, 0.25) is 5.95 Å². The van der Waals surface area contributed by atoms with E-state index in [-0.39, 0.29) is 35.6 Å². The first-order chi connectivity index (χ1) is 15.4. The number of ether oxygens (including phenoxy) is 2. The number of methoxy groups -OCH3 is 1. The quantitative estimate of drug-likeness (QED) is 0.155. The van der Waals surface area contributed by atoms with Crippen LogP contribution in [-0.4, -0.2) is 78.7 Å². The molecule has 2 aromatic rings. The monoisotopic (exact) mass is 507 g/mol. The van der Waals surface area contributed by atoms with Gasteiger partial charge in [0, 0.05) is 0 Å². The summed E-state index contributed by atoms with van der Waals surface area (Å²) in [5.41, 5.74) is 4.91. The Balaban J connectivity index is 0.00000408. The fourth-order valence-electron chi connectivity index (χ4n) is 3.45. The van der Waals surface area contributed by atoms with Gasteiger partial charge in [-0.05, 0) is 12.3 Å². The van der Waals surface area contributed by atoms with E-state index in [1.807, 2.05) is 13.8 Å². The molecule has 6 atom stereocenters. The molecule has 0 aromatic carbocycles. The number of carbonyl (C=O) groups is 1. The van der Waals surface area contributed by atoms with E-state index < -0.39 is 56.5 Å². The summed E-state index contributed by atoms with van der Waals surface area (Å²) >= 11 is 0. The third-order valence-electron chi connectivity index (χ3n) is 4.99. The number of imidazole rings is 1. The van der Waals surface area contributed by atoms with Gasteiger partial charge in [-0.25, -0.2) is 14.6 Å². The van der Waals surface area contributed by atoms with Crippen molar-refractivity contribution in [3.8, 4) is 0 Å². The maximum atomic E-state index is 12.5. The molecule has 17 heteroatoms. The summed E-state index contributed by atoms with van der Waals surface area (Å²) in [5.74, 6) is -0.906. The van der Waals surface area contributed by atoms with Crippen molar-refractivity contribution in [3.63, 3.8) is 0 Å². The zero-order chi connectivity index (χ0) is 24.5. The van der Waals surface area contributed by atoms with Crippen LogP contribution in [0.3, 0.4) is 0 Å². The average molecular weight is 507 g/mol. The smallest absolute Gasteiger partial charge is 0.403 e. The third-order valence-corrected chi connectivity index (χ3v) is 6.12. The summed E-state index contributed by atoms with van der Waals surface area (Å²) in [7, 11) is -3.37. The Morgan fingerprint density at radius 3 is 2.71 bits per heavy atom. The van der Waals surface area contributed by atoms with Crippen molar-refractivity contribution in [2.45, 2.75) is 50.8 Å². The van der Waals surface area contributed by atoms with E-state index in [0.717, 1.165) is 7.11 Å². The highest BCUT2D eigenvalue weighted by Gasteiger charge is 2.45. The zero-order valence-electron chi connectivity index (χ0n) is 18.8. The molecule has 3 heterocycles. The van der Waals surface area contributed by atoms with Gasteiger partial charge in [0.05, 0.1) is 20.0 Å². The lowest BCUT2D eigenvalue weighted by Crippen LogP contribution is -2.38. The number of aromatic nitrogens is 4. The molecule has 16 nitrogen and oxygen atoms in total. The first-order valence-electron chi connectivity index (χ1n) is 10.0. The number of hydrogen-bond donors (Lipinski definition) is 7. The fraction of sp³-hybridized carbons (Fsp3) is 0.647. The first kappa shape index (κ1) is 27.8. The number of anilines is 1. The van der Waals surface area contributed by atoms with Crippen LogP contribution >= 0.6 is 7.75 Å². The average Bonchev–Trinajstić information content (AvgIpc) is 3.26. The molecular formula is C17H30N7O9P. The maximum absolute atomic E-state index is 12.5. The van der Waals surface area contributed by atoms with Crippen LogP contribution in [0.5, 0.6) is 0 Å². The topological polar surface area (TPSA) is 259 Å². The number of fused-ring (bicyclic) bond motifs is 1. The van der Waals surface area contributed by atoms with Gasteiger partial charge in [-0.15, -0.1) is 0 Å². The van der Waals surface area contributed by atoms with Crippen molar-refractivity contribution in [3.05, 3.63) is 16.7 Å². The predicted octanol–water partition coefficient (Wildman–Crippen LogP) is -1.22. The molecule has 192 valence electrons. The van der Waals surface area contributed by atoms with Crippen LogP contribution in [-0.2, 0) is 23.4 Å². The van der Waals surface area contributed by atoms with Crippen molar-refractivity contribution in [1.29, 1.82) is 0 Å². The second kappa shape index (κ2) is 10.9. The molecule has 0 radical (unpaired) electrons.